The van der Waals surface area contributed by atoms with Crippen LogP contribution in [-0.2, 0) is 12.8 Å². The van der Waals surface area contributed by atoms with E-state index in [2.05, 4.69) is 4.98 Å². The number of hydrogen-bond donors (Lipinski definition) is 1. The van der Waals surface area contributed by atoms with Gasteiger partial charge < -0.3 is 5.73 Å². The third-order valence-electron chi connectivity index (χ3n) is 2.60. The fraction of sp³-hybridized carbons (Fsp3) is 0.250. The Labute approximate surface area is 106 Å². The van der Waals surface area contributed by atoms with Crippen LogP contribution < -0.4 is 5.73 Å². The minimum Gasteiger partial charge on any atom is -0.375 e. The van der Waals surface area contributed by atoms with Crippen LogP contribution in [0, 0.1) is 17.5 Å². The highest BCUT2D eigenvalue weighted by Crippen LogP contribution is 2.26. The van der Waals surface area contributed by atoms with E-state index in [1.807, 2.05) is 6.92 Å². The summed E-state index contributed by atoms with van der Waals surface area (Å²) in [6.07, 6.45) is 0.829. The largest absolute Gasteiger partial charge is 0.375 e. The van der Waals surface area contributed by atoms with Crippen LogP contribution in [0.25, 0.3) is 0 Å². The maximum Gasteiger partial charge on any atom is 0.194 e. The van der Waals surface area contributed by atoms with Gasteiger partial charge in [0.2, 0.25) is 0 Å². The molecule has 1 heterocycles. The lowest BCUT2D eigenvalue weighted by Crippen LogP contribution is -1.99. The molecule has 0 aliphatic heterocycles. The molecule has 0 spiro atoms. The normalized spacial score (nSPS) is 10.9. The van der Waals surface area contributed by atoms with Gasteiger partial charge in [-0.1, -0.05) is 13.0 Å². The molecule has 18 heavy (non-hydrogen) atoms. The molecule has 0 amide bonds. The van der Waals surface area contributed by atoms with Crippen LogP contribution in [0.5, 0.6) is 0 Å². The van der Waals surface area contributed by atoms with Crippen molar-refractivity contribution in [2.24, 2.45) is 0 Å². The Morgan fingerprint density at radius 1 is 1.22 bits per heavy atom. The van der Waals surface area contributed by atoms with Gasteiger partial charge in [-0.3, -0.25) is 0 Å². The molecule has 2 N–H and O–H groups in total. The highest BCUT2D eigenvalue weighted by molar-refractivity contribution is 7.15. The number of halogens is 3. The van der Waals surface area contributed by atoms with Crippen LogP contribution in [0.2, 0.25) is 0 Å². The first-order valence-electron chi connectivity index (χ1n) is 5.39. The lowest BCUT2D eigenvalue weighted by molar-refractivity contribution is 0.442. The SMILES string of the molecule is CCc1nc(N)sc1Cc1ccc(F)c(F)c1F. The van der Waals surface area contributed by atoms with E-state index < -0.39 is 17.5 Å². The van der Waals surface area contributed by atoms with Gasteiger partial charge in [-0.05, 0) is 18.1 Å². The predicted octanol–water partition coefficient (Wildman–Crippen LogP) is 3.30. The molecule has 0 atom stereocenters. The van der Waals surface area contributed by atoms with Crippen LogP contribution in [0.15, 0.2) is 12.1 Å². The van der Waals surface area contributed by atoms with E-state index >= 15 is 0 Å². The molecular formula is C12H11F3N2S. The molecule has 1 aromatic heterocycles. The Bertz CT molecular complexity index is 581. The smallest absolute Gasteiger partial charge is 0.194 e. The first kappa shape index (κ1) is 12.9. The van der Waals surface area contributed by atoms with Crippen molar-refractivity contribution in [2.75, 3.05) is 5.73 Å². The summed E-state index contributed by atoms with van der Waals surface area (Å²) in [4.78, 5) is 4.88. The zero-order valence-corrected chi connectivity index (χ0v) is 10.5. The van der Waals surface area contributed by atoms with Gasteiger partial charge >= 0.3 is 0 Å². The van der Waals surface area contributed by atoms with Gasteiger partial charge in [0, 0.05) is 11.3 Å². The Kier molecular flexibility index (Phi) is 3.56. The van der Waals surface area contributed by atoms with Crippen LogP contribution in [0.4, 0.5) is 18.3 Å². The molecular weight excluding hydrogens is 261 g/mol. The molecule has 0 aliphatic carbocycles. The molecule has 0 saturated carbocycles. The molecule has 1 aromatic carbocycles. The maximum atomic E-state index is 13.5. The van der Waals surface area contributed by atoms with Gasteiger partial charge in [0.1, 0.15) is 0 Å². The van der Waals surface area contributed by atoms with Crippen LogP contribution in [0.3, 0.4) is 0 Å². The van der Waals surface area contributed by atoms with E-state index in [9.17, 15) is 13.2 Å². The van der Waals surface area contributed by atoms with Crippen molar-refractivity contribution in [1.82, 2.24) is 4.98 Å². The van der Waals surface area contributed by atoms with Crippen molar-refractivity contribution < 1.29 is 13.2 Å². The minimum atomic E-state index is -1.44. The Morgan fingerprint density at radius 3 is 2.61 bits per heavy atom. The van der Waals surface area contributed by atoms with E-state index in [-0.39, 0.29) is 12.0 Å². The van der Waals surface area contributed by atoms with E-state index in [4.69, 9.17) is 5.73 Å². The number of hydrogen-bond acceptors (Lipinski definition) is 3. The van der Waals surface area contributed by atoms with Crippen LogP contribution >= 0.6 is 11.3 Å². The summed E-state index contributed by atoms with van der Waals surface area (Å²) < 4.78 is 39.4. The summed E-state index contributed by atoms with van der Waals surface area (Å²) in [5.41, 5.74) is 6.45. The minimum absolute atomic E-state index is 0.104. The molecule has 2 nitrogen and oxygen atoms in total. The molecule has 6 heteroatoms. The maximum absolute atomic E-state index is 13.5. The number of benzene rings is 1. The summed E-state index contributed by atoms with van der Waals surface area (Å²) >= 11 is 1.24. The third-order valence-corrected chi connectivity index (χ3v) is 3.52. The van der Waals surface area contributed by atoms with E-state index in [0.717, 1.165) is 16.6 Å². The fourth-order valence-corrected chi connectivity index (χ4v) is 2.64. The summed E-state index contributed by atoms with van der Waals surface area (Å²) in [5, 5.41) is 0.393. The number of aromatic nitrogens is 1. The second kappa shape index (κ2) is 4.97. The van der Waals surface area contributed by atoms with E-state index in [0.29, 0.717) is 11.6 Å². The summed E-state index contributed by atoms with van der Waals surface area (Å²) in [5.74, 6) is -3.78. The van der Waals surface area contributed by atoms with Crippen molar-refractivity contribution >= 4 is 16.5 Å². The Hall–Kier alpha value is -1.56. The topological polar surface area (TPSA) is 38.9 Å². The first-order valence-corrected chi connectivity index (χ1v) is 6.21. The average Bonchev–Trinajstić information content (AvgIpc) is 2.70. The molecule has 2 aromatic rings. The van der Waals surface area contributed by atoms with Gasteiger partial charge in [-0.2, -0.15) is 0 Å². The van der Waals surface area contributed by atoms with Crippen molar-refractivity contribution in [2.45, 2.75) is 19.8 Å². The molecule has 0 aliphatic rings. The number of nitrogens with two attached hydrogens (primary N) is 1. The zero-order chi connectivity index (χ0) is 13.3. The van der Waals surface area contributed by atoms with Gasteiger partial charge in [0.05, 0.1) is 5.69 Å². The van der Waals surface area contributed by atoms with Gasteiger partial charge in [0.15, 0.2) is 22.6 Å². The molecule has 0 fully saturated rings. The molecule has 0 unspecified atom stereocenters. The predicted molar refractivity (Wildman–Crippen MR) is 65.0 cm³/mol. The van der Waals surface area contributed by atoms with Gasteiger partial charge in [-0.15, -0.1) is 11.3 Å². The standard InChI is InChI=1S/C12H11F3N2S/c1-2-8-9(18-12(16)17-8)5-6-3-4-7(13)11(15)10(6)14/h3-4H,2,5H2,1H3,(H2,16,17). The fourth-order valence-electron chi connectivity index (χ4n) is 1.69. The van der Waals surface area contributed by atoms with Crippen molar-refractivity contribution in [3.8, 4) is 0 Å². The average molecular weight is 272 g/mol. The van der Waals surface area contributed by atoms with Crippen LogP contribution in [-0.4, -0.2) is 4.98 Å². The quantitative estimate of drug-likeness (QED) is 0.871. The third kappa shape index (κ3) is 2.33. The van der Waals surface area contributed by atoms with E-state index in [1.165, 1.54) is 17.4 Å². The second-order valence-corrected chi connectivity index (χ2v) is 4.90. The summed E-state index contributed by atoms with van der Waals surface area (Å²) in [6, 6.07) is 2.16. The molecule has 2 rings (SSSR count). The number of nitrogens with zero attached hydrogens (tertiary/aromatic N) is 1. The van der Waals surface area contributed by atoms with Crippen molar-refractivity contribution in [1.29, 1.82) is 0 Å². The first-order chi connectivity index (χ1) is 8.52. The Morgan fingerprint density at radius 2 is 1.94 bits per heavy atom. The number of aryl methyl sites for hydroxylation is 1. The van der Waals surface area contributed by atoms with Gasteiger partial charge in [0.25, 0.3) is 0 Å². The number of thiazole rings is 1. The zero-order valence-electron chi connectivity index (χ0n) is 9.64. The van der Waals surface area contributed by atoms with E-state index in [1.54, 1.807) is 0 Å². The molecule has 96 valence electrons. The van der Waals surface area contributed by atoms with Crippen LogP contribution in [0.1, 0.15) is 23.1 Å². The van der Waals surface area contributed by atoms with Gasteiger partial charge in [-0.25, -0.2) is 18.2 Å². The summed E-state index contributed by atoms with van der Waals surface area (Å²) in [7, 11) is 0. The second-order valence-electron chi connectivity index (χ2n) is 3.79. The molecule has 0 saturated heterocycles. The highest BCUT2D eigenvalue weighted by atomic mass is 32.1. The number of anilines is 1. The summed E-state index contributed by atoms with van der Waals surface area (Å²) in [6.45, 7) is 1.90. The monoisotopic (exact) mass is 272 g/mol. The lowest BCUT2D eigenvalue weighted by Gasteiger charge is -2.04. The lowest BCUT2D eigenvalue weighted by atomic mass is 10.1. The Balaban J connectivity index is 2.37. The number of nitrogen functional groups attached to an aromatic ring is 1. The van der Waals surface area contributed by atoms with Crippen molar-refractivity contribution in [3.63, 3.8) is 0 Å². The number of rotatable bonds is 3. The van der Waals surface area contributed by atoms with Crippen molar-refractivity contribution in [3.05, 3.63) is 45.7 Å². The molecule has 0 radical (unpaired) electrons. The highest BCUT2D eigenvalue weighted by Gasteiger charge is 2.16. The molecule has 0 bridgehead atoms.